The fourth-order valence-electron chi connectivity index (χ4n) is 1.80. The second-order valence-corrected chi connectivity index (χ2v) is 4.51. The van der Waals surface area contributed by atoms with Crippen LogP contribution < -0.4 is 0 Å². The maximum atomic E-state index is 10.8. The molecule has 0 aliphatic rings. The summed E-state index contributed by atoms with van der Waals surface area (Å²) in [4.78, 5) is 10.8. The van der Waals surface area contributed by atoms with E-state index in [2.05, 4.69) is 5.10 Å². The zero-order chi connectivity index (χ0) is 13.1. The molecule has 0 fully saturated rings. The van der Waals surface area contributed by atoms with Crippen molar-refractivity contribution in [2.45, 2.75) is 19.9 Å². The zero-order valence-electron chi connectivity index (χ0n) is 9.93. The van der Waals surface area contributed by atoms with E-state index >= 15 is 0 Å². The molecular formula is C13H13ClN2O2. The van der Waals surface area contributed by atoms with E-state index in [9.17, 15) is 4.79 Å². The Kier molecular flexibility index (Phi) is 3.67. The van der Waals surface area contributed by atoms with E-state index in [0.717, 1.165) is 16.8 Å². The van der Waals surface area contributed by atoms with E-state index in [-0.39, 0.29) is 6.42 Å². The number of aryl methyl sites for hydroxylation is 1. The molecule has 1 heterocycles. The number of hydrogen-bond donors (Lipinski definition) is 1. The molecule has 0 unspecified atom stereocenters. The Hall–Kier alpha value is -1.81. The van der Waals surface area contributed by atoms with Gasteiger partial charge in [-0.05, 0) is 18.1 Å². The summed E-state index contributed by atoms with van der Waals surface area (Å²) in [6.45, 7) is 2.36. The molecular weight excluding hydrogens is 252 g/mol. The molecule has 94 valence electrons. The largest absolute Gasteiger partial charge is 0.481 e. The third-order valence-corrected chi connectivity index (χ3v) is 3.05. The van der Waals surface area contributed by atoms with Gasteiger partial charge in [-0.1, -0.05) is 35.9 Å². The number of aromatic nitrogens is 2. The van der Waals surface area contributed by atoms with Crippen LogP contribution in [0.3, 0.4) is 0 Å². The maximum absolute atomic E-state index is 10.8. The molecule has 1 aromatic heterocycles. The number of benzene rings is 1. The van der Waals surface area contributed by atoms with Crippen LogP contribution in [0.15, 0.2) is 30.5 Å². The van der Waals surface area contributed by atoms with Gasteiger partial charge in [0.05, 0.1) is 23.7 Å². The molecule has 0 saturated carbocycles. The number of carbonyl (C=O) groups is 1. The third kappa shape index (κ3) is 2.90. The molecule has 1 aromatic carbocycles. The minimum atomic E-state index is -0.836. The fraction of sp³-hybridized carbons (Fsp3) is 0.231. The van der Waals surface area contributed by atoms with Crippen molar-refractivity contribution in [3.63, 3.8) is 0 Å². The van der Waals surface area contributed by atoms with Gasteiger partial charge in [0.15, 0.2) is 0 Å². The van der Waals surface area contributed by atoms with Crippen molar-refractivity contribution >= 4 is 17.6 Å². The lowest BCUT2D eigenvalue weighted by Gasteiger charge is -2.07. The van der Waals surface area contributed by atoms with Gasteiger partial charge in [-0.25, -0.2) is 0 Å². The van der Waals surface area contributed by atoms with Crippen molar-refractivity contribution in [2.75, 3.05) is 0 Å². The molecule has 4 nitrogen and oxygen atoms in total. The van der Waals surface area contributed by atoms with Gasteiger partial charge >= 0.3 is 5.97 Å². The lowest BCUT2D eigenvalue weighted by atomic mass is 10.0. The fourth-order valence-corrected chi connectivity index (χ4v) is 1.95. The van der Waals surface area contributed by atoms with Crippen molar-refractivity contribution in [1.82, 2.24) is 9.78 Å². The molecule has 0 radical (unpaired) electrons. The Balaban J connectivity index is 2.25. The van der Waals surface area contributed by atoms with E-state index in [1.807, 2.05) is 31.2 Å². The third-order valence-electron chi connectivity index (χ3n) is 2.68. The predicted molar refractivity (Wildman–Crippen MR) is 68.9 cm³/mol. The molecule has 0 atom stereocenters. The molecule has 0 saturated heterocycles. The van der Waals surface area contributed by atoms with Crippen LogP contribution in [-0.4, -0.2) is 20.9 Å². The summed E-state index contributed by atoms with van der Waals surface area (Å²) in [6.07, 6.45) is 1.76. The number of halogens is 1. The Bertz CT molecular complexity index is 559. The van der Waals surface area contributed by atoms with Crippen LogP contribution in [0.1, 0.15) is 16.8 Å². The summed E-state index contributed by atoms with van der Waals surface area (Å²) in [5.74, 6) is -0.836. The van der Waals surface area contributed by atoms with Gasteiger partial charge in [0.2, 0.25) is 0 Å². The standard InChI is InChI=1S/C13H13ClN2O2/c1-9-12(14)8-16(15-9)7-11-5-3-2-4-10(11)6-13(17)18/h2-5,8H,6-7H2,1H3,(H,17,18). The molecule has 18 heavy (non-hydrogen) atoms. The van der Waals surface area contributed by atoms with E-state index < -0.39 is 5.97 Å². The second-order valence-electron chi connectivity index (χ2n) is 4.10. The highest BCUT2D eigenvalue weighted by molar-refractivity contribution is 6.31. The van der Waals surface area contributed by atoms with Crippen molar-refractivity contribution in [2.24, 2.45) is 0 Å². The van der Waals surface area contributed by atoms with Gasteiger partial charge in [-0.15, -0.1) is 0 Å². The topological polar surface area (TPSA) is 55.1 Å². The van der Waals surface area contributed by atoms with Crippen molar-refractivity contribution < 1.29 is 9.90 Å². The number of nitrogens with zero attached hydrogens (tertiary/aromatic N) is 2. The minimum absolute atomic E-state index is 0.0180. The maximum Gasteiger partial charge on any atom is 0.307 e. The highest BCUT2D eigenvalue weighted by atomic mass is 35.5. The summed E-state index contributed by atoms with van der Waals surface area (Å²) in [5.41, 5.74) is 2.51. The zero-order valence-corrected chi connectivity index (χ0v) is 10.7. The lowest BCUT2D eigenvalue weighted by molar-refractivity contribution is -0.136. The Labute approximate surface area is 110 Å². The SMILES string of the molecule is Cc1nn(Cc2ccccc2CC(=O)O)cc1Cl. The van der Waals surface area contributed by atoms with E-state index in [0.29, 0.717) is 11.6 Å². The average molecular weight is 265 g/mol. The number of carboxylic acid groups (broad SMARTS) is 1. The highest BCUT2D eigenvalue weighted by Crippen LogP contribution is 2.15. The molecule has 1 N–H and O–H groups in total. The van der Waals surface area contributed by atoms with Gasteiger partial charge in [0.1, 0.15) is 0 Å². The Morgan fingerprint density at radius 2 is 2.06 bits per heavy atom. The van der Waals surface area contributed by atoms with E-state index in [1.54, 1.807) is 10.9 Å². The first-order valence-electron chi connectivity index (χ1n) is 5.54. The highest BCUT2D eigenvalue weighted by Gasteiger charge is 2.08. The Morgan fingerprint density at radius 1 is 1.39 bits per heavy atom. The minimum Gasteiger partial charge on any atom is -0.481 e. The molecule has 0 spiro atoms. The summed E-state index contributed by atoms with van der Waals surface area (Å²) in [7, 11) is 0. The molecule has 2 aromatic rings. The predicted octanol–water partition coefficient (Wildman–Crippen LogP) is 2.52. The first kappa shape index (κ1) is 12.6. The number of aliphatic carboxylic acids is 1. The van der Waals surface area contributed by atoms with Gasteiger partial charge in [-0.3, -0.25) is 9.48 Å². The summed E-state index contributed by atoms with van der Waals surface area (Å²) >= 11 is 5.94. The van der Waals surface area contributed by atoms with Crippen LogP contribution in [0.25, 0.3) is 0 Å². The quantitative estimate of drug-likeness (QED) is 0.923. The number of carboxylic acids is 1. The van der Waals surface area contributed by atoms with E-state index in [4.69, 9.17) is 16.7 Å². The van der Waals surface area contributed by atoms with Gasteiger partial charge in [0.25, 0.3) is 0 Å². The number of hydrogen-bond acceptors (Lipinski definition) is 2. The number of rotatable bonds is 4. The Morgan fingerprint density at radius 3 is 2.61 bits per heavy atom. The first-order chi connectivity index (χ1) is 8.56. The van der Waals surface area contributed by atoms with Crippen LogP contribution >= 0.6 is 11.6 Å². The van der Waals surface area contributed by atoms with Gasteiger partial charge < -0.3 is 5.11 Å². The molecule has 0 amide bonds. The van der Waals surface area contributed by atoms with Crippen LogP contribution in [-0.2, 0) is 17.8 Å². The average Bonchev–Trinajstić information content (AvgIpc) is 2.60. The van der Waals surface area contributed by atoms with Crippen LogP contribution in [0.4, 0.5) is 0 Å². The van der Waals surface area contributed by atoms with Crippen molar-refractivity contribution in [3.05, 3.63) is 52.3 Å². The van der Waals surface area contributed by atoms with Crippen LogP contribution in [0.5, 0.6) is 0 Å². The molecule has 0 aliphatic heterocycles. The molecule has 0 bridgehead atoms. The lowest BCUT2D eigenvalue weighted by Crippen LogP contribution is -2.07. The molecule has 0 aliphatic carbocycles. The second kappa shape index (κ2) is 5.23. The first-order valence-corrected chi connectivity index (χ1v) is 5.92. The normalized spacial score (nSPS) is 10.6. The van der Waals surface area contributed by atoms with Crippen molar-refractivity contribution in [1.29, 1.82) is 0 Å². The van der Waals surface area contributed by atoms with Crippen molar-refractivity contribution in [3.8, 4) is 0 Å². The smallest absolute Gasteiger partial charge is 0.307 e. The monoisotopic (exact) mass is 264 g/mol. The van der Waals surface area contributed by atoms with Gasteiger partial charge in [-0.2, -0.15) is 5.10 Å². The van der Waals surface area contributed by atoms with Gasteiger partial charge in [0, 0.05) is 6.20 Å². The van der Waals surface area contributed by atoms with E-state index in [1.165, 1.54) is 0 Å². The molecule has 5 heteroatoms. The summed E-state index contributed by atoms with van der Waals surface area (Å²) in [5, 5.41) is 13.7. The summed E-state index contributed by atoms with van der Waals surface area (Å²) in [6, 6.07) is 7.45. The molecule has 2 rings (SSSR count). The van der Waals surface area contributed by atoms with Crippen LogP contribution in [0, 0.1) is 6.92 Å². The summed E-state index contributed by atoms with van der Waals surface area (Å²) < 4.78 is 1.72. The van der Waals surface area contributed by atoms with Crippen LogP contribution in [0.2, 0.25) is 5.02 Å².